The molecule has 0 saturated carbocycles. The van der Waals surface area contributed by atoms with Crippen LogP contribution in [0.2, 0.25) is 0 Å². The molecule has 0 aliphatic rings. The summed E-state index contributed by atoms with van der Waals surface area (Å²) in [6.07, 6.45) is 47.1. The highest BCUT2D eigenvalue weighted by Crippen LogP contribution is 2.14. The van der Waals surface area contributed by atoms with Gasteiger partial charge in [-0.05, 0) is 51.4 Å². The van der Waals surface area contributed by atoms with Crippen molar-refractivity contribution in [2.24, 2.45) is 0 Å². The summed E-state index contributed by atoms with van der Waals surface area (Å²) in [6, 6.07) is 0. The molecule has 5 nitrogen and oxygen atoms in total. The number of unbranched alkanes of at least 4 members (excludes halogenated alkanes) is 22. The van der Waals surface area contributed by atoms with Crippen molar-refractivity contribution >= 4 is 11.9 Å². The second-order valence-electron chi connectivity index (χ2n) is 14.2. The molecule has 0 fully saturated rings. The zero-order valence-corrected chi connectivity index (χ0v) is 33.4. The molecular formula is C45H82O5. The third-order valence-corrected chi connectivity index (χ3v) is 9.19. The first-order valence-electron chi connectivity index (χ1n) is 21.5. The summed E-state index contributed by atoms with van der Waals surface area (Å²) in [7, 11) is 0. The molecule has 0 aliphatic heterocycles. The van der Waals surface area contributed by atoms with Crippen molar-refractivity contribution in [2.45, 2.75) is 219 Å². The number of allylic oxidation sites excluding steroid dienone is 6. The Kier molecular flexibility index (Phi) is 40.0. The third kappa shape index (κ3) is 38.9. The van der Waals surface area contributed by atoms with Gasteiger partial charge in [-0.15, -0.1) is 0 Å². The second kappa shape index (κ2) is 41.5. The first-order valence-corrected chi connectivity index (χ1v) is 21.5. The molecule has 0 aliphatic carbocycles. The average Bonchev–Trinajstić information content (AvgIpc) is 3.11. The zero-order chi connectivity index (χ0) is 36.4. The molecule has 0 spiro atoms. The lowest BCUT2D eigenvalue weighted by Gasteiger charge is -2.18. The maximum Gasteiger partial charge on any atom is 0.306 e. The quantitative estimate of drug-likeness (QED) is 0.0362. The molecule has 0 rings (SSSR count). The van der Waals surface area contributed by atoms with E-state index in [-0.39, 0.29) is 25.2 Å². The Bertz CT molecular complexity index is 801. The molecule has 1 unspecified atom stereocenters. The third-order valence-electron chi connectivity index (χ3n) is 9.19. The first kappa shape index (κ1) is 48.1. The minimum Gasteiger partial charge on any atom is -0.462 e. The van der Waals surface area contributed by atoms with Gasteiger partial charge in [-0.25, -0.2) is 0 Å². The van der Waals surface area contributed by atoms with E-state index in [0.29, 0.717) is 19.4 Å². The molecule has 0 N–H and O–H groups in total. The predicted octanol–water partition coefficient (Wildman–Crippen LogP) is 13.9. The fourth-order valence-electron chi connectivity index (χ4n) is 5.99. The highest BCUT2D eigenvalue weighted by atomic mass is 16.6. The molecule has 292 valence electrons. The van der Waals surface area contributed by atoms with Crippen LogP contribution in [0, 0.1) is 0 Å². The lowest BCUT2D eigenvalue weighted by molar-refractivity contribution is -0.163. The Morgan fingerprint density at radius 2 is 0.900 bits per heavy atom. The van der Waals surface area contributed by atoms with Crippen molar-refractivity contribution in [3.63, 3.8) is 0 Å². The summed E-state index contributed by atoms with van der Waals surface area (Å²) >= 11 is 0. The topological polar surface area (TPSA) is 61.8 Å². The van der Waals surface area contributed by atoms with Gasteiger partial charge in [-0.2, -0.15) is 0 Å². The average molecular weight is 703 g/mol. The molecule has 0 heterocycles. The molecule has 0 amide bonds. The van der Waals surface area contributed by atoms with Crippen molar-refractivity contribution in [3.05, 3.63) is 36.5 Å². The Morgan fingerprint density at radius 1 is 0.460 bits per heavy atom. The number of carbonyl (C=O) groups excluding carboxylic acids is 2. The van der Waals surface area contributed by atoms with Crippen LogP contribution in [0.4, 0.5) is 0 Å². The largest absolute Gasteiger partial charge is 0.462 e. The smallest absolute Gasteiger partial charge is 0.306 e. The van der Waals surface area contributed by atoms with Gasteiger partial charge in [0.2, 0.25) is 0 Å². The molecule has 50 heavy (non-hydrogen) atoms. The Labute approximate surface area is 310 Å². The summed E-state index contributed by atoms with van der Waals surface area (Å²) in [4.78, 5) is 25.1. The van der Waals surface area contributed by atoms with Gasteiger partial charge in [0.1, 0.15) is 6.61 Å². The van der Waals surface area contributed by atoms with E-state index >= 15 is 0 Å². The summed E-state index contributed by atoms with van der Waals surface area (Å²) in [6.45, 7) is 7.68. The number of rotatable bonds is 39. The monoisotopic (exact) mass is 703 g/mol. The minimum absolute atomic E-state index is 0.0747. The zero-order valence-electron chi connectivity index (χ0n) is 33.4. The van der Waals surface area contributed by atoms with Crippen LogP contribution in [-0.2, 0) is 23.8 Å². The van der Waals surface area contributed by atoms with Crippen LogP contribution in [0.5, 0.6) is 0 Å². The molecule has 0 radical (unpaired) electrons. The van der Waals surface area contributed by atoms with Crippen LogP contribution in [0.15, 0.2) is 36.5 Å². The Morgan fingerprint density at radius 3 is 1.44 bits per heavy atom. The lowest BCUT2D eigenvalue weighted by atomic mass is 10.1. The van der Waals surface area contributed by atoms with Gasteiger partial charge in [0.15, 0.2) is 6.10 Å². The molecule has 0 aromatic carbocycles. The van der Waals surface area contributed by atoms with Gasteiger partial charge in [-0.1, -0.05) is 186 Å². The highest BCUT2D eigenvalue weighted by molar-refractivity contribution is 5.70. The maximum atomic E-state index is 12.6. The maximum absolute atomic E-state index is 12.6. The normalized spacial score (nSPS) is 12.5. The van der Waals surface area contributed by atoms with Crippen molar-refractivity contribution in [2.75, 3.05) is 19.8 Å². The number of carbonyl (C=O) groups is 2. The number of esters is 2. The second-order valence-corrected chi connectivity index (χ2v) is 14.2. The van der Waals surface area contributed by atoms with E-state index in [1.807, 2.05) is 0 Å². The fourth-order valence-corrected chi connectivity index (χ4v) is 5.99. The number of ether oxygens (including phenoxy) is 3. The van der Waals surface area contributed by atoms with Crippen LogP contribution in [0.3, 0.4) is 0 Å². The van der Waals surface area contributed by atoms with E-state index in [4.69, 9.17) is 14.2 Å². The Hall–Kier alpha value is -1.88. The lowest BCUT2D eigenvalue weighted by Crippen LogP contribution is -2.30. The molecule has 0 aromatic rings. The van der Waals surface area contributed by atoms with Crippen LogP contribution >= 0.6 is 0 Å². The van der Waals surface area contributed by atoms with Gasteiger partial charge in [0, 0.05) is 19.4 Å². The van der Waals surface area contributed by atoms with E-state index in [2.05, 4.69) is 57.2 Å². The van der Waals surface area contributed by atoms with E-state index in [9.17, 15) is 9.59 Å². The summed E-state index contributed by atoms with van der Waals surface area (Å²) in [5, 5.41) is 0. The van der Waals surface area contributed by atoms with Crippen molar-refractivity contribution in [1.29, 1.82) is 0 Å². The molecule has 0 aromatic heterocycles. The Balaban J connectivity index is 4.25. The molecule has 0 saturated heterocycles. The van der Waals surface area contributed by atoms with E-state index < -0.39 is 6.10 Å². The van der Waals surface area contributed by atoms with Gasteiger partial charge in [-0.3, -0.25) is 9.59 Å². The van der Waals surface area contributed by atoms with Gasteiger partial charge in [0.05, 0.1) is 6.61 Å². The van der Waals surface area contributed by atoms with Crippen molar-refractivity contribution < 1.29 is 23.8 Å². The number of hydrogen-bond acceptors (Lipinski definition) is 5. The highest BCUT2D eigenvalue weighted by Gasteiger charge is 2.17. The van der Waals surface area contributed by atoms with Gasteiger partial charge >= 0.3 is 11.9 Å². The molecule has 5 heteroatoms. The first-order chi connectivity index (χ1) is 24.6. The van der Waals surface area contributed by atoms with Crippen molar-refractivity contribution in [3.8, 4) is 0 Å². The van der Waals surface area contributed by atoms with E-state index in [1.54, 1.807) is 0 Å². The van der Waals surface area contributed by atoms with E-state index in [0.717, 1.165) is 64.2 Å². The molecule has 0 bridgehead atoms. The summed E-state index contributed by atoms with van der Waals surface area (Å²) < 4.78 is 17.2. The van der Waals surface area contributed by atoms with Crippen LogP contribution < -0.4 is 0 Å². The number of hydrogen-bond donors (Lipinski definition) is 0. The van der Waals surface area contributed by atoms with Gasteiger partial charge in [0.25, 0.3) is 0 Å². The predicted molar refractivity (Wildman–Crippen MR) is 215 cm³/mol. The van der Waals surface area contributed by atoms with Crippen LogP contribution in [0.1, 0.15) is 213 Å². The van der Waals surface area contributed by atoms with Crippen molar-refractivity contribution in [1.82, 2.24) is 0 Å². The molecule has 1 atom stereocenters. The summed E-state index contributed by atoms with van der Waals surface area (Å²) in [5.74, 6) is -0.427. The summed E-state index contributed by atoms with van der Waals surface area (Å²) in [5.41, 5.74) is 0. The van der Waals surface area contributed by atoms with Crippen LogP contribution in [-0.4, -0.2) is 37.9 Å². The SMILES string of the molecule is CC/C=C\C/C=C\C/C=C\CCCCCC(=O)OCC(COCCCCCCCCCCCCCC)OC(=O)CCCCCCCCCCC. The van der Waals surface area contributed by atoms with Gasteiger partial charge < -0.3 is 14.2 Å². The standard InChI is InChI=1S/C45H82O5/c1-4-7-10-13-16-19-21-23-24-27-29-32-35-38-44(46)49-42-43(50-45(47)39-36-33-30-26-18-15-12-9-6-3)41-48-40-37-34-31-28-25-22-20-17-14-11-8-5-2/h7,10,16,19,23-24,43H,4-6,8-9,11-15,17-18,20-22,25-42H2,1-3H3/b10-7-,19-16-,24-23-. The minimum atomic E-state index is -0.538. The van der Waals surface area contributed by atoms with Crippen LogP contribution in [0.25, 0.3) is 0 Å². The molecular weight excluding hydrogens is 620 g/mol. The fraction of sp³-hybridized carbons (Fsp3) is 0.822. The van der Waals surface area contributed by atoms with E-state index in [1.165, 1.54) is 116 Å².